The Morgan fingerprint density at radius 2 is 2.06 bits per heavy atom. The molecule has 0 amide bonds. The fraction of sp³-hybridized carbons (Fsp3) is 0.429. The van der Waals surface area contributed by atoms with Gasteiger partial charge in [-0.05, 0) is 30.4 Å². The summed E-state index contributed by atoms with van der Waals surface area (Å²) in [5, 5.41) is 9.36. The number of fused-ring (bicyclic) bond motifs is 1. The minimum atomic E-state index is 0.505. The van der Waals surface area contributed by atoms with Gasteiger partial charge in [0.25, 0.3) is 0 Å². The summed E-state index contributed by atoms with van der Waals surface area (Å²) < 4.78 is 2.13. The molecule has 18 heavy (non-hydrogen) atoms. The molecule has 1 heterocycles. The number of nitrogens with zero attached hydrogens (tertiary/aromatic N) is 3. The van der Waals surface area contributed by atoms with Gasteiger partial charge in [0, 0.05) is 13.0 Å². The number of aromatic nitrogens is 3. The third kappa shape index (κ3) is 1.99. The predicted molar refractivity (Wildman–Crippen MR) is 74.8 cm³/mol. The van der Waals surface area contributed by atoms with Gasteiger partial charge in [-0.1, -0.05) is 40.2 Å². The molecule has 0 N–H and O–H groups in total. The molecule has 3 nitrogen and oxygen atoms in total. The van der Waals surface area contributed by atoms with Crippen LogP contribution in [0, 0.1) is 0 Å². The Labute approximate surface area is 115 Å². The van der Waals surface area contributed by atoms with E-state index in [0.717, 1.165) is 29.8 Å². The Morgan fingerprint density at radius 3 is 2.78 bits per heavy atom. The summed E-state index contributed by atoms with van der Waals surface area (Å²) in [5.74, 6) is 2.63. The molecule has 1 unspecified atom stereocenters. The lowest BCUT2D eigenvalue weighted by Gasteiger charge is -2.23. The molecule has 1 aliphatic rings. The molecule has 1 aromatic heterocycles. The van der Waals surface area contributed by atoms with Crippen LogP contribution < -0.4 is 0 Å². The fourth-order valence-corrected chi connectivity index (χ4v) is 3.25. The Bertz CT molecular complexity index is 562. The lowest BCUT2D eigenvalue weighted by Crippen LogP contribution is -2.16. The van der Waals surface area contributed by atoms with Gasteiger partial charge in [0.15, 0.2) is 0 Å². The zero-order valence-electron chi connectivity index (χ0n) is 10.4. The minimum Gasteiger partial charge on any atom is -0.317 e. The molecule has 94 valence electrons. The van der Waals surface area contributed by atoms with Crippen LogP contribution in [0.2, 0.25) is 0 Å². The van der Waals surface area contributed by atoms with Crippen LogP contribution in [0.3, 0.4) is 0 Å². The van der Waals surface area contributed by atoms with E-state index in [1.165, 1.54) is 17.5 Å². The van der Waals surface area contributed by atoms with E-state index in [0.29, 0.717) is 5.92 Å². The van der Waals surface area contributed by atoms with Crippen LogP contribution in [0.1, 0.15) is 35.1 Å². The maximum atomic E-state index is 4.37. The van der Waals surface area contributed by atoms with Crippen LogP contribution in [0.4, 0.5) is 0 Å². The molecule has 0 spiro atoms. The second-order valence-electron chi connectivity index (χ2n) is 4.88. The summed E-state index contributed by atoms with van der Waals surface area (Å²) in [5.41, 5.74) is 2.97. The Kier molecular flexibility index (Phi) is 3.20. The summed E-state index contributed by atoms with van der Waals surface area (Å²) in [6, 6.07) is 8.74. The number of halogens is 1. The van der Waals surface area contributed by atoms with Crippen molar-refractivity contribution in [2.24, 2.45) is 7.05 Å². The molecule has 0 aliphatic heterocycles. The highest BCUT2D eigenvalue weighted by Crippen LogP contribution is 2.31. The molecule has 1 aromatic carbocycles. The van der Waals surface area contributed by atoms with Gasteiger partial charge in [-0.25, -0.2) is 0 Å². The lowest BCUT2D eigenvalue weighted by molar-refractivity contribution is 0.534. The van der Waals surface area contributed by atoms with E-state index in [9.17, 15) is 0 Å². The van der Waals surface area contributed by atoms with Crippen molar-refractivity contribution < 1.29 is 0 Å². The van der Waals surface area contributed by atoms with Gasteiger partial charge < -0.3 is 4.57 Å². The van der Waals surface area contributed by atoms with Gasteiger partial charge in [-0.3, -0.25) is 0 Å². The Balaban J connectivity index is 1.89. The van der Waals surface area contributed by atoms with Crippen LogP contribution in [0.25, 0.3) is 0 Å². The normalized spacial score (nSPS) is 18.7. The standard InChI is InChI=1S/C14H16BrN3/c1-18-13(9-15)16-17-14(18)12-7-6-10-4-2-3-5-11(10)8-12/h2-5,12H,6-9H2,1H3. The summed E-state index contributed by atoms with van der Waals surface area (Å²) in [6.07, 6.45) is 3.41. The highest BCUT2D eigenvalue weighted by molar-refractivity contribution is 9.08. The van der Waals surface area contributed by atoms with Gasteiger partial charge in [0.1, 0.15) is 11.6 Å². The number of alkyl halides is 1. The molecule has 3 rings (SSSR count). The zero-order chi connectivity index (χ0) is 12.5. The number of hydrogen-bond donors (Lipinski definition) is 0. The van der Waals surface area contributed by atoms with Crippen molar-refractivity contribution in [3.8, 4) is 0 Å². The number of benzene rings is 1. The largest absolute Gasteiger partial charge is 0.317 e. The number of hydrogen-bond acceptors (Lipinski definition) is 2. The highest BCUT2D eigenvalue weighted by Gasteiger charge is 2.24. The quantitative estimate of drug-likeness (QED) is 0.799. The molecule has 0 radical (unpaired) electrons. The third-order valence-electron chi connectivity index (χ3n) is 3.83. The Hall–Kier alpha value is -1.16. The van der Waals surface area contributed by atoms with E-state index < -0.39 is 0 Å². The van der Waals surface area contributed by atoms with Crippen molar-refractivity contribution in [2.75, 3.05) is 0 Å². The first-order valence-electron chi connectivity index (χ1n) is 6.30. The van der Waals surface area contributed by atoms with Gasteiger partial charge in [-0.15, -0.1) is 10.2 Å². The monoisotopic (exact) mass is 305 g/mol. The maximum absolute atomic E-state index is 4.37. The molecular formula is C14H16BrN3. The van der Waals surface area contributed by atoms with E-state index in [2.05, 4.69) is 62.0 Å². The highest BCUT2D eigenvalue weighted by atomic mass is 79.9. The van der Waals surface area contributed by atoms with E-state index in [-0.39, 0.29) is 0 Å². The van der Waals surface area contributed by atoms with Crippen molar-refractivity contribution in [1.29, 1.82) is 0 Å². The molecule has 2 aromatic rings. The average molecular weight is 306 g/mol. The van der Waals surface area contributed by atoms with Gasteiger partial charge in [-0.2, -0.15) is 0 Å². The topological polar surface area (TPSA) is 30.7 Å². The molecule has 4 heteroatoms. The zero-order valence-corrected chi connectivity index (χ0v) is 12.0. The van der Waals surface area contributed by atoms with Crippen molar-refractivity contribution in [1.82, 2.24) is 14.8 Å². The van der Waals surface area contributed by atoms with Crippen LogP contribution in [-0.2, 0) is 25.2 Å². The van der Waals surface area contributed by atoms with Crippen molar-refractivity contribution in [3.63, 3.8) is 0 Å². The smallest absolute Gasteiger partial charge is 0.143 e. The first kappa shape index (κ1) is 11.9. The second-order valence-corrected chi connectivity index (χ2v) is 5.44. The molecule has 1 atom stereocenters. The van der Waals surface area contributed by atoms with Crippen LogP contribution in [0.15, 0.2) is 24.3 Å². The lowest BCUT2D eigenvalue weighted by atomic mass is 9.83. The van der Waals surface area contributed by atoms with E-state index >= 15 is 0 Å². The third-order valence-corrected chi connectivity index (χ3v) is 4.33. The van der Waals surface area contributed by atoms with E-state index in [1.807, 2.05) is 0 Å². The first-order chi connectivity index (χ1) is 8.79. The van der Waals surface area contributed by atoms with E-state index in [4.69, 9.17) is 0 Å². The molecule has 0 saturated heterocycles. The number of aryl methyl sites for hydroxylation is 1. The maximum Gasteiger partial charge on any atom is 0.143 e. The first-order valence-corrected chi connectivity index (χ1v) is 7.42. The summed E-state index contributed by atoms with van der Waals surface area (Å²) in [4.78, 5) is 0. The molecule has 0 bridgehead atoms. The molecule has 0 fully saturated rings. The molecular weight excluding hydrogens is 290 g/mol. The predicted octanol–water partition coefficient (Wildman–Crippen LogP) is 2.98. The summed E-state index contributed by atoms with van der Waals surface area (Å²) in [7, 11) is 2.06. The fourth-order valence-electron chi connectivity index (χ4n) is 2.77. The minimum absolute atomic E-state index is 0.505. The molecule has 0 saturated carbocycles. The van der Waals surface area contributed by atoms with Gasteiger partial charge >= 0.3 is 0 Å². The molecule has 1 aliphatic carbocycles. The SMILES string of the molecule is Cn1c(CBr)nnc1C1CCc2ccccc2C1. The van der Waals surface area contributed by atoms with Crippen molar-refractivity contribution >= 4 is 15.9 Å². The number of rotatable bonds is 2. The second kappa shape index (κ2) is 4.84. The summed E-state index contributed by atoms with van der Waals surface area (Å²) >= 11 is 3.45. The van der Waals surface area contributed by atoms with E-state index in [1.54, 1.807) is 0 Å². The van der Waals surface area contributed by atoms with Crippen LogP contribution >= 0.6 is 15.9 Å². The Morgan fingerprint density at radius 1 is 1.28 bits per heavy atom. The van der Waals surface area contributed by atoms with Gasteiger partial charge in [0.05, 0.1) is 5.33 Å². The van der Waals surface area contributed by atoms with Crippen molar-refractivity contribution in [2.45, 2.75) is 30.5 Å². The van der Waals surface area contributed by atoms with Gasteiger partial charge in [0.2, 0.25) is 0 Å². The van der Waals surface area contributed by atoms with Crippen molar-refractivity contribution in [3.05, 3.63) is 47.0 Å². The average Bonchev–Trinajstić information content (AvgIpc) is 2.79. The van der Waals surface area contributed by atoms with Crippen LogP contribution in [0.5, 0.6) is 0 Å². The van der Waals surface area contributed by atoms with Crippen LogP contribution in [-0.4, -0.2) is 14.8 Å². The summed E-state index contributed by atoms with van der Waals surface area (Å²) in [6.45, 7) is 0.